The Labute approximate surface area is 117 Å². The van der Waals surface area contributed by atoms with Crippen molar-refractivity contribution in [2.24, 2.45) is 0 Å². The molecule has 0 spiro atoms. The van der Waals surface area contributed by atoms with Gasteiger partial charge in [0.05, 0.1) is 10.6 Å². The van der Waals surface area contributed by atoms with Crippen LogP contribution in [0.15, 0.2) is 29.2 Å². The van der Waals surface area contributed by atoms with Crippen LogP contribution in [0, 0.1) is 0 Å². The lowest BCUT2D eigenvalue weighted by atomic mass is 10.0. The number of hydrogen-bond donors (Lipinski definition) is 0. The lowest BCUT2D eigenvalue weighted by Crippen LogP contribution is -2.29. The van der Waals surface area contributed by atoms with Crippen molar-refractivity contribution < 1.29 is 8.42 Å². The summed E-state index contributed by atoms with van der Waals surface area (Å²) in [6.07, 6.45) is 0. The van der Waals surface area contributed by atoms with E-state index in [4.69, 9.17) is 0 Å². The van der Waals surface area contributed by atoms with Crippen LogP contribution in [-0.2, 0) is 9.84 Å². The molecule has 0 N–H and O–H groups in total. The molecule has 1 rings (SSSR count). The predicted octanol–water partition coefficient (Wildman–Crippen LogP) is 2.93. The molecular weight excluding hydrogens is 258 g/mol. The first-order valence-corrected chi connectivity index (χ1v) is 8.61. The minimum Gasteiger partial charge on any atom is -0.303 e. The normalized spacial score (nSPS) is 12.3. The molecule has 0 aliphatic carbocycles. The Morgan fingerprint density at radius 2 is 1.58 bits per heavy atom. The Kier molecular flexibility index (Phi) is 6.01. The van der Waals surface area contributed by atoms with E-state index in [2.05, 4.69) is 18.7 Å². The molecule has 0 heterocycles. The van der Waals surface area contributed by atoms with Crippen LogP contribution in [0.4, 0.5) is 0 Å². The average molecular weight is 283 g/mol. The van der Waals surface area contributed by atoms with Crippen LogP contribution in [-0.4, -0.2) is 38.7 Å². The van der Waals surface area contributed by atoms with Crippen molar-refractivity contribution in [3.05, 3.63) is 29.8 Å². The third-order valence-corrected chi connectivity index (χ3v) is 5.19. The Bertz CT molecular complexity index is 473. The summed E-state index contributed by atoms with van der Waals surface area (Å²) in [5, 5.41) is 0. The van der Waals surface area contributed by atoms with Gasteiger partial charge in [-0.3, -0.25) is 0 Å². The van der Waals surface area contributed by atoms with Crippen LogP contribution in [0.25, 0.3) is 0 Å². The summed E-state index contributed by atoms with van der Waals surface area (Å²) in [5.41, 5.74) is 1.17. The highest BCUT2D eigenvalue weighted by atomic mass is 32.2. The van der Waals surface area contributed by atoms with Gasteiger partial charge in [-0.25, -0.2) is 8.42 Å². The second-order valence-electron chi connectivity index (χ2n) is 5.07. The molecule has 4 heteroatoms. The fourth-order valence-corrected chi connectivity index (χ4v) is 3.25. The standard InChI is InChI=1S/C15H25NO2S/c1-5-16(6-2)11-12-19(17,18)15-9-7-14(8-10-15)13(3)4/h7-10,13H,5-6,11-12H2,1-4H3. The van der Waals surface area contributed by atoms with Crippen LogP contribution in [0.1, 0.15) is 39.2 Å². The van der Waals surface area contributed by atoms with Crippen molar-refractivity contribution in [3.8, 4) is 0 Å². The van der Waals surface area contributed by atoms with Crippen molar-refractivity contribution >= 4 is 9.84 Å². The maximum atomic E-state index is 12.2. The molecule has 0 atom stereocenters. The topological polar surface area (TPSA) is 37.4 Å². The van der Waals surface area contributed by atoms with Crippen LogP contribution in [0.2, 0.25) is 0 Å². The monoisotopic (exact) mass is 283 g/mol. The van der Waals surface area contributed by atoms with E-state index in [9.17, 15) is 8.42 Å². The molecule has 0 radical (unpaired) electrons. The highest BCUT2D eigenvalue weighted by Crippen LogP contribution is 2.18. The highest BCUT2D eigenvalue weighted by Gasteiger charge is 2.15. The first kappa shape index (κ1) is 16.2. The predicted molar refractivity (Wildman–Crippen MR) is 80.4 cm³/mol. The molecule has 0 saturated carbocycles. The number of nitrogens with zero attached hydrogens (tertiary/aromatic N) is 1. The van der Waals surface area contributed by atoms with E-state index in [0.29, 0.717) is 17.4 Å². The number of sulfone groups is 1. The number of benzene rings is 1. The first-order valence-electron chi connectivity index (χ1n) is 6.95. The van der Waals surface area contributed by atoms with E-state index in [1.807, 2.05) is 26.0 Å². The maximum Gasteiger partial charge on any atom is 0.179 e. The minimum absolute atomic E-state index is 0.190. The van der Waals surface area contributed by atoms with Gasteiger partial charge in [0.2, 0.25) is 0 Å². The summed E-state index contributed by atoms with van der Waals surface area (Å²) in [6.45, 7) is 10.7. The Morgan fingerprint density at radius 1 is 1.05 bits per heavy atom. The van der Waals surface area contributed by atoms with Gasteiger partial charge in [0.15, 0.2) is 9.84 Å². The molecule has 0 bridgehead atoms. The molecule has 19 heavy (non-hydrogen) atoms. The van der Waals surface area contributed by atoms with Gasteiger partial charge in [0.1, 0.15) is 0 Å². The summed E-state index contributed by atoms with van der Waals surface area (Å²) < 4.78 is 24.4. The second kappa shape index (κ2) is 7.06. The summed E-state index contributed by atoms with van der Waals surface area (Å²) in [6, 6.07) is 7.28. The summed E-state index contributed by atoms with van der Waals surface area (Å²) in [5.74, 6) is 0.614. The van der Waals surface area contributed by atoms with Gasteiger partial charge in [0, 0.05) is 6.54 Å². The Morgan fingerprint density at radius 3 is 2.00 bits per heavy atom. The minimum atomic E-state index is -3.16. The molecule has 0 fully saturated rings. The molecule has 0 aliphatic rings. The van der Waals surface area contributed by atoms with Crippen LogP contribution in [0.5, 0.6) is 0 Å². The maximum absolute atomic E-state index is 12.2. The molecule has 0 aromatic heterocycles. The molecule has 0 amide bonds. The zero-order valence-corrected chi connectivity index (χ0v) is 13.2. The van der Waals surface area contributed by atoms with Crippen molar-refractivity contribution in [2.75, 3.05) is 25.4 Å². The Balaban J connectivity index is 2.77. The van der Waals surface area contributed by atoms with Gasteiger partial charge in [-0.2, -0.15) is 0 Å². The summed E-state index contributed by atoms with van der Waals surface area (Å²) in [7, 11) is -3.16. The Hall–Kier alpha value is -0.870. The van der Waals surface area contributed by atoms with E-state index in [0.717, 1.165) is 13.1 Å². The van der Waals surface area contributed by atoms with Gasteiger partial charge in [-0.15, -0.1) is 0 Å². The first-order chi connectivity index (χ1) is 8.90. The second-order valence-corrected chi connectivity index (χ2v) is 7.18. The lowest BCUT2D eigenvalue weighted by Gasteiger charge is -2.17. The van der Waals surface area contributed by atoms with E-state index in [1.54, 1.807) is 12.1 Å². The fourth-order valence-electron chi connectivity index (χ4n) is 1.97. The highest BCUT2D eigenvalue weighted by molar-refractivity contribution is 7.91. The third kappa shape index (κ3) is 4.62. The van der Waals surface area contributed by atoms with Crippen LogP contribution >= 0.6 is 0 Å². The molecule has 108 valence electrons. The largest absolute Gasteiger partial charge is 0.303 e. The van der Waals surface area contributed by atoms with Gasteiger partial charge >= 0.3 is 0 Å². The average Bonchev–Trinajstić information content (AvgIpc) is 2.40. The third-order valence-electron chi connectivity index (χ3n) is 3.48. The molecule has 1 aromatic rings. The SMILES string of the molecule is CCN(CC)CCS(=O)(=O)c1ccc(C(C)C)cc1. The van der Waals surface area contributed by atoms with Crippen molar-refractivity contribution in [2.45, 2.75) is 38.5 Å². The van der Waals surface area contributed by atoms with E-state index < -0.39 is 9.84 Å². The van der Waals surface area contributed by atoms with Crippen LogP contribution < -0.4 is 0 Å². The zero-order valence-electron chi connectivity index (χ0n) is 12.4. The fraction of sp³-hybridized carbons (Fsp3) is 0.600. The molecule has 0 aliphatic heterocycles. The van der Waals surface area contributed by atoms with Crippen molar-refractivity contribution in [1.82, 2.24) is 4.90 Å². The smallest absolute Gasteiger partial charge is 0.179 e. The molecular formula is C15H25NO2S. The molecule has 3 nitrogen and oxygen atoms in total. The van der Waals surface area contributed by atoms with Crippen molar-refractivity contribution in [3.63, 3.8) is 0 Å². The molecule has 0 unspecified atom stereocenters. The van der Waals surface area contributed by atoms with Gasteiger partial charge in [-0.05, 0) is 36.7 Å². The number of rotatable bonds is 7. The lowest BCUT2D eigenvalue weighted by molar-refractivity contribution is 0.321. The van der Waals surface area contributed by atoms with Crippen LogP contribution in [0.3, 0.4) is 0 Å². The van der Waals surface area contributed by atoms with Gasteiger partial charge in [0.25, 0.3) is 0 Å². The quantitative estimate of drug-likeness (QED) is 0.772. The number of hydrogen-bond acceptors (Lipinski definition) is 3. The van der Waals surface area contributed by atoms with E-state index in [-0.39, 0.29) is 5.75 Å². The zero-order chi connectivity index (χ0) is 14.5. The summed E-state index contributed by atoms with van der Waals surface area (Å²) >= 11 is 0. The van der Waals surface area contributed by atoms with Crippen molar-refractivity contribution in [1.29, 1.82) is 0 Å². The molecule has 1 aromatic carbocycles. The van der Waals surface area contributed by atoms with Gasteiger partial charge < -0.3 is 4.90 Å². The van der Waals surface area contributed by atoms with E-state index >= 15 is 0 Å². The van der Waals surface area contributed by atoms with Gasteiger partial charge in [-0.1, -0.05) is 39.8 Å². The van der Waals surface area contributed by atoms with E-state index in [1.165, 1.54) is 5.56 Å². The summed E-state index contributed by atoms with van der Waals surface area (Å²) in [4.78, 5) is 2.56. The molecule has 0 saturated heterocycles.